The number of nitrogens with one attached hydrogen (secondary N) is 2. The van der Waals surface area contributed by atoms with Crippen molar-refractivity contribution in [2.75, 3.05) is 24.6 Å². The van der Waals surface area contributed by atoms with E-state index in [4.69, 9.17) is 28.0 Å². The van der Waals surface area contributed by atoms with Gasteiger partial charge in [0.2, 0.25) is 0 Å². The molecule has 15 heteroatoms. The summed E-state index contributed by atoms with van der Waals surface area (Å²) in [6.07, 6.45) is -9.31. The van der Waals surface area contributed by atoms with Gasteiger partial charge in [0.1, 0.15) is 23.8 Å². The predicted octanol–water partition coefficient (Wildman–Crippen LogP) is 4.28. The van der Waals surface area contributed by atoms with Gasteiger partial charge in [0.25, 0.3) is 11.8 Å². The Hall–Kier alpha value is -2.77. The number of halogens is 8. The van der Waals surface area contributed by atoms with Crippen LogP contribution in [0.3, 0.4) is 0 Å². The van der Waals surface area contributed by atoms with Crippen LogP contribution in [0.4, 0.5) is 32.0 Å². The minimum absolute atomic E-state index is 0.0826. The van der Waals surface area contributed by atoms with Gasteiger partial charge in [0, 0.05) is 13.1 Å². The van der Waals surface area contributed by atoms with Crippen LogP contribution in [-0.2, 0) is 21.2 Å². The van der Waals surface area contributed by atoms with E-state index in [2.05, 4.69) is 15.8 Å². The Labute approximate surface area is 209 Å². The van der Waals surface area contributed by atoms with E-state index in [9.17, 15) is 35.9 Å². The lowest BCUT2D eigenvalue weighted by atomic mass is 9.78. The number of benzene rings is 1. The molecular weight excluding hydrogens is 541 g/mol. The Morgan fingerprint density at radius 2 is 1.92 bits per heavy atom. The van der Waals surface area contributed by atoms with Gasteiger partial charge < -0.3 is 10.2 Å². The van der Waals surface area contributed by atoms with E-state index in [0.717, 1.165) is 6.07 Å². The van der Waals surface area contributed by atoms with E-state index < -0.39 is 69.8 Å². The van der Waals surface area contributed by atoms with E-state index in [-0.39, 0.29) is 24.5 Å². The third-order valence-electron chi connectivity index (χ3n) is 6.09. The normalized spacial score (nSPS) is 22.6. The highest BCUT2D eigenvalue weighted by Crippen LogP contribution is 2.51. The molecule has 2 atom stereocenters. The first-order valence-electron chi connectivity index (χ1n) is 10.3. The second-order valence-electron chi connectivity index (χ2n) is 8.27. The third kappa shape index (κ3) is 4.78. The second kappa shape index (κ2) is 9.27. The third-order valence-corrected chi connectivity index (χ3v) is 6.89. The van der Waals surface area contributed by atoms with Crippen molar-refractivity contribution in [3.05, 3.63) is 57.3 Å². The molecule has 0 spiro atoms. The SMILES string of the molecule is O=C(NC1CONC1=O)c1ccc(N2CCC(c3cc(Cl)c(Cl)c(C(F)(F)F)c3)(C(F)(F)F)C2)cn1. The van der Waals surface area contributed by atoms with E-state index >= 15 is 0 Å². The molecule has 2 aliphatic rings. The van der Waals surface area contributed by atoms with E-state index in [0.29, 0.717) is 6.07 Å². The van der Waals surface area contributed by atoms with Crippen LogP contribution in [0.2, 0.25) is 10.0 Å². The standard InChI is InChI=1S/C21H16Cl2F6N4O3/c22-13-6-10(5-12(16(13)23)20(24,25)26)19(21(27,28)29)3-4-33(9-19)11-1-2-14(30-7-11)17(34)31-15-8-36-32-18(15)35/h1-2,5-7,15H,3-4,8-9H2,(H,31,34)(H,32,35). The van der Waals surface area contributed by atoms with Gasteiger partial charge in [-0.2, -0.15) is 26.3 Å². The van der Waals surface area contributed by atoms with E-state index in [1.165, 1.54) is 23.2 Å². The maximum Gasteiger partial charge on any atom is 0.417 e. The number of amides is 2. The number of carbonyl (C=O) groups excluding carboxylic acids is 2. The summed E-state index contributed by atoms with van der Waals surface area (Å²) >= 11 is 11.4. The molecule has 7 nitrogen and oxygen atoms in total. The number of carbonyl (C=O) groups is 2. The van der Waals surface area contributed by atoms with E-state index in [1.54, 1.807) is 0 Å². The number of pyridine rings is 1. The van der Waals surface area contributed by atoms with Crippen molar-refractivity contribution in [1.82, 2.24) is 15.8 Å². The van der Waals surface area contributed by atoms with Gasteiger partial charge in [-0.3, -0.25) is 14.4 Å². The number of aromatic nitrogens is 1. The first-order valence-corrected chi connectivity index (χ1v) is 11.1. The molecular formula is C21H16Cl2F6N4O3. The molecule has 36 heavy (non-hydrogen) atoms. The summed E-state index contributed by atoms with van der Waals surface area (Å²) in [5, 5.41) is 0.887. The molecule has 1 aromatic carbocycles. The molecule has 0 saturated carbocycles. The molecule has 194 valence electrons. The molecule has 2 unspecified atom stereocenters. The van der Waals surface area contributed by atoms with E-state index in [1.807, 2.05) is 0 Å². The number of hydrogen-bond donors (Lipinski definition) is 2. The molecule has 2 N–H and O–H groups in total. The average Bonchev–Trinajstić information content (AvgIpc) is 3.42. The topological polar surface area (TPSA) is 83.6 Å². The fourth-order valence-electron chi connectivity index (χ4n) is 4.12. The molecule has 2 aromatic rings. The highest BCUT2D eigenvalue weighted by Gasteiger charge is 2.59. The summed E-state index contributed by atoms with van der Waals surface area (Å²) < 4.78 is 83.3. The lowest BCUT2D eigenvalue weighted by Gasteiger charge is -2.33. The molecule has 0 aliphatic carbocycles. The molecule has 3 heterocycles. The predicted molar refractivity (Wildman–Crippen MR) is 116 cm³/mol. The molecule has 2 saturated heterocycles. The van der Waals surface area contributed by atoms with Crippen molar-refractivity contribution in [2.24, 2.45) is 0 Å². The summed E-state index contributed by atoms with van der Waals surface area (Å²) in [6.45, 7) is -0.951. The van der Waals surface area contributed by atoms with Crippen LogP contribution < -0.4 is 15.7 Å². The summed E-state index contributed by atoms with van der Waals surface area (Å²) in [7, 11) is 0. The minimum Gasteiger partial charge on any atom is -0.369 e. The fraction of sp³-hybridized carbons (Fsp3) is 0.381. The summed E-state index contributed by atoms with van der Waals surface area (Å²) in [5.41, 5.74) is -2.57. The number of alkyl halides is 6. The quantitative estimate of drug-likeness (QED) is 0.549. The van der Waals surface area contributed by atoms with Crippen LogP contribution in [0.15, 0.2) is 30.5 Å². The molecule has 4 rings (SSSR count). The minimum atomic E-state index is -5.01. The van der Waals surface area contributed by atoms with Crippen LogP contribution in [0.1, 0.15) is 28.0 Å². The van der Waals surface area contributed by atoms with Crippen LogP contribution in [0.25, 0.3) is 0 Å². The first-order chi connectivity index (χ1) is 16.7. The van der Waals surface area contributed by atoms with Gasteiger partial charge in [-0.25, -0.2) is 10.5 Å². The maximum atomic E-state index is 14.4. The maximum absolute atomic E-state index is 14.4. The van der Waals surface area contributed by atoms with Crippen LogP contribution in [0.5, 0.6) is 0 Å². The lowest BCUT2D eigenvalue weighted by molar-refractivity contribution is -0.184. The highest BCUT2D eigenvalue weighted by atomic mass is 35.5. The first kappa shape index (κ1) is 26.3. The Bertz CT molecular complexity index is 1190. The highest BCUT2D eigenvalue weighted by molar-refractivity contribution is 6.42. The van der Waals surface area contributed by atoms with Crippen LogP contribution in [-0.4, -0.2) is 48.7 Å². The number of hydrogen-bond acceptors (Lipinski definition) is 5. The summed E-state index contributed by atoms with van der Waals surface area (Å²) in [4.78, 5) is 33.7. The smallest absolute Gasteiger partial charge is 0.369 e. The Kier molecular flexibility index (Phi) is 6.77. The van der Waals surface area contributed by atoms with Crippen molar-refractivity contribution in [3.8, 4) is 0 Å². The monoisotopic (exact) mass is 556 g/mol. The zero-order valence-corrected chi connectivity index (χ0v) is 19.4. The van der Waals surface area contributed by atoms with Crippen LogP contribution in [0, 0.1) is 0 Å². The zero-order chi connectivity index (χ0) is 26.5. The van der Waals surface area contributed by atoms with Gasteiger partial charge >= 0.3 is 12.4 Å². The number of rotatable bonds is 4. The Morgan fingerprint density at radius 3 is 2.47 bits per heavy atom. The molecule has 0 bridgehead atoms. The summed E-state index contributed by atoms with van der Waals surface area (Å²) in [6, 6.07) is 2.89. The van der Waals surface area contributed by atoms with Gasteiger partial charge in [0.05, 0.1) is 27.5 Å². The van der Waals surface area contributed by atoms with Gasteiger partial charge in [-0.15, -0.1) is 0 Å². The van der Waals surface area contributed by atoms with Crippen molar-refractivity contribution < 1.29 is 40.8 Å². The van der Waals surface area contributed by atoms with Crippen molar-refractivity contribution >= 4 is 40.7 Å². The number of nitrogens with zero attached hydrogens (tertiary/aromatic N) is 2. The summed E-state index contributed by atoms with van der Waals surface area (Å²) in [5.74, 6) is -1.25. The van der Waals surface area contributed by atoms with Gasteiger partial charge in [0.15, 0.2) is 0 Å². The van der Waals surface area contributed by atoms with Crippen molar-refractivity contribution in [3.63, 3.8) is 0 Å². The van der Waals surface area contributed by atoms with Crippen LogP contribution >= 0.6 is 23.2 Å². The number of hydroxylamine groups is 1. The second-order valence-corrected chi connectivity index (χ2v) is 9.06. The van der Waals surface area contributed by atoms with Crippen molar-refractivity contribution in [2.45, 2.75) is 30.2 Å². The Balaban J connectivity index is 1.60. The van der Waals surface area contributed by atoms with Gasteiger partial charge in [-0.1, -0.05) is 23.2 Å². The molecule has 2 amide bonds. The lowest BCUT2D eigenvalue weighted by Crippen LogP contribution is -2.45. The number of anilines is 1. The Morgan fingerprint density at radius 1 is 1.19 bits per heavy atom. The fourth-order valence-corrected chi connectivity index (χ4v) is 4.56. The van der Waals surface area contributed by atoms with Crippen molar-refractivity contribution in [1.29, 1.82) is 0 Å². The average molecular weight is 557 g/mol. The van der Waals surface area contributed by atoms with Gasteiger partial charge in [-0.05, 0) is 36.2 Å². The molecule has 1 aromatic heterocycles. The zero-order valence-electron chi connectivity index (χ0n) is 17.9. The molecule has 0 radical (unpaired) electrons. The largest absolute Gasteiger partial charge is 0.417 e. The molecule has 2 aliphatic heterocycles. The molecule has 2 fully saturated rings.